The summed E-state index contributed by atoms with van der Waals surface area (Å²) < 4.78 is 0. The predicted octanol–water partition coefficient (Wildman–Crippen LogP) is 1.40. The zero-order chi connectivity index (χ0) is 11.6. The third kappa shape index (κ3) is 2.47. The number of carbonyl (C=O) groups is 1. The predicted molar refractivity (Wildman–Crippen MR) is 61.6 cm³/mol. The molecule has 0 aliphatic heterocycles. The Kier molecular flexibility index (Phi) is 3.00. The van der Waals surface area contributed by atoms with Crippen LogP contribution >= 0.6 is 0 Å². The molecule has 2 amide bonds. The standard InChI is InChI=1S/C11H17N3O/c1-11(2,13)8-6-4-5-7-9(8)14(3)10(12)15/h4-7H,13H2,1-3H3,(H2,12,15). The van der Waals surface area contributed by atoms with Crippen molar-refractivity contribution < 1.29 is 4.79 Å². The van der Waals surface area contributed by atoms with Crippen molar-refractivity contribution in [1.82, 2.24) is 0 Å². The molecule has 1 aromatic rings. The smallest absolute Gasteiger partial charge is 0.319 e. The highest BCUT2D eigenvalue weighted by Gasteiger charge is 2.21. The number of urea groups is 1. The zero-order valence-corrected chi connectivity index (χ0v) is 9.32. The number of primary amides is 1. The average Bonchev–Trinajstić information content (AvgIpc) is 2.15. The summed E-state index contributed by atoms with van der Waals surface area (Å²) in [6, 6.07) is 6.97. The Bertz CT molecular complexity index is 368. The molecule has 0 fully saturated rings. The summed E-state index contributed by atoms with van der Waals surface area (Å²) in [5.74, 6) is 0. The van der Waals surface area contributed by atoms with Gasteiger partial charge in [0.15, 0.2) is 0 Å². The lowest BCUT2D eigenvalue weighted by Crippen LogP contribution is -2.36. The second kappa shape index (κ2) is 3.90. The maximum absolute atomic E-state index is 11.1. The number of benzene rings is 1. The van der Waals surface area contributed by atoms with E-state index in [1.54, 1.807) is 7.05 Å². The largest absolute Gasteiger partial charge is 0.351 e. The van der Waals surface area contributed by atoms with Gasteiger partial charge in [-0.05, 0) is 25.5 Å². The van der Waals surface area contributed by atoms with Crippen LogP contribution in [0, 0.1) is 0 Å². The van der Waals surface area contributed by atoms with Crippen LogP contribution in [-0.2, 0) is 5.54 Å². The summed E-state index contributed by atoms with van der Waals surface area (Å²) in [5, 5.41) is 0. The molecule has 0 saturated carbocycles. The van der Waals surface area contributed by atoms with Crippen molar-refractivity contribution in [1.29, 1.82) is 0 Å². The fourth-order valence-electron chi connectivity index (χ4n) is 1.43. The van der Waals surface area contributed by atoms with Gasteiger partial charge in [0.2, 0.25) is 0 Å². The first-order valence-electron chi connectivity index (χ1n) is 4.75. The van der Waals surface area contributed by atoms with Crippen molar-refractivity contribution in [3.63, 3.8) is 0 Å². The van der Waals surface area contributed by atoms with Gasteiger partial charge in [0.05, 0.1) is 5.69 Å². The van der Waals surface area contributed by atoms with Crippen LogP contribution in [0.2, 0.25) is 0 Å². The summed E-state index contributed by atoms with van der Waals surface area (Å²) >= 11 is 0. The summed E-state index contributed by atoms with van der Waals surface area (Å²) in [7, 11) is 1.63. The van der Waals surface area contributed by atoms with Crippen molar-refractivity contribution in [2.24, 2.45) is 11.5 Å². The number of nitrogens with two attached hydrogens (primary N) is 2. The van der Waals surface area contributed by atoms with E-state index in [2.05, 4.69) is 0 Å². The van der Waals surface area contributed by atoms with E-state index in [9.17, 15) is 4.79 Å². The van der Waals surface area contributed by atoms with Gasteiger partial charge in [-0.1, -0.05) is 18.2 Å². The minimum Gasteiger partial charge on any atom is -0.351 e. The SMILES string of the molecule is CN(C(N)=O)c1ccccc1C(C)(C)N. The van der Waals surface area contributed by atoms with Crippen LogP contribution in [0.5, 0.6) is 0 Å². The van der Waals surface area contributed by atoms with Crippen molar-refractivity contribution >= 4 is 11.7 Å². The van der Waals surface area contributed by atoms with E-state index in [1.165, 1.54) is 4.90 Å². The van der Waals surface area contributed by atoms with E-state index >= 15 is 0 Å². The molecule has 0 unspecified atom stereocenters. The van der Waals surface area contributed by atoms with Gasteiger partial charge in [0.25, 0.3) is 0 Å². The highest BCUT2D eigenvalue weighted by atomic mass is 16.2. The number of carbonyl (C=O) groups excluding carboxylic acids is 1. The Labute approximate surface area is 89.9 Å². The van der Waals surface area contributed by atoms with Gasteiger partial charge >= 0.3 is 6.03 Å². The number of para-hydroxylation sites is 1. The normalized spacial score (nSPS) is 11.2. The molecule has 1 rings (SSSR count). The Morgan fingerprint density at radius 1 is 1.33 bits per heavy atom. The fraction of sp³-hybridized carbons (Fsp3) is 0.364. The molecule has 0 aliphatic carbocycles. The average molecular weight is 207 g/mol. The highest BCUT2D eigenvalue weighted by Crippen LogP contribution is 2.27. The van der Waals surface area contributed by atoms with Crippen LogP contribution in [0.1, 0.15) is 19.4 Å². The number of amides is 2. The van der Waals surface area contributed by atoms with Gasteiger partial charge in [-0.2, -0.15) is 0 Å². The van der Waals surface area contributed by atoms with E-state index in [0.717, 1.165) is 11.3 Å². The molecule has 0 radical (unpaired) electrons. The van der Waals surface area contributed by atoms with E-state index < -0.39 is 11.6 Å². The topological polar surface area (TPSA) is 72.3 Å². The quantitative estimate of drug-likeness (QED) is 0.769. The van der Waals surface area contributed by atoms with E-state index in [0.29, 0.717) is 0 Å². The number of anilines is 1. The first-order valence-corrected chi connectivity index (χ1v) is 4.75. The van der Waals surface area contributed by atoms with Crippen LogP contribution in [0.25, 0.3) is 0 Å². The number of nitrogens with zero attached hydrogens (tertiary/aromatic N) is 1. The van der Waals surface area contributed by atoms with Gasteiger partial charge in [-0.15, -0.1) is 0 Å². The molecular weight excluding hydrogens is 190 g/mol. The molecule has 0 aromatic heterocycles. The fourth-order valence-corrected chi connectivity index (χ4v) is 1.43. The molecule has 0 atom stereocenters. The van der Waals surface area contributed by atoms with Crippen LogP contribution in [0.4, 0.5) is 10.5 Å². The maximum atomic E-state index is 11.1. The molecule has 1 aromatic carbocycles. The van der Waals surface area contributed by atoms with Crippen LogP contribution in [0.15, 0.2) is 24.3 Å². The molecule has 0 heterocycles. The van der Waals surface area contributed by atoms with Crippen molar-refractivity contribution in [2.45, 2.75) is 19.4 Å². The number of rotatable bonds is 2. The van der Waals surface area contributed by atoms with Crippen molar-refractivity contribution in [2.75, 3.05) is 11.9 Å². The number of hydrogen-bond donors (Lipinski definition) is 2. The third-order valence-electron chi connectivity index (χ3n) is 2.29. The molecule has 0 spiro atoms. The lowest BCUT2D eigenvalue weighted by Gasteiger charge is -2.26. The van der Waals surface area contributed by atoms with Crippen LogP contribution in [0.3, 0.4) is 0 Å². The Hall–Kier alpha value is -1.55. The van der Waals surface area contributed by atoms with Crippen molar-refractivity contribution in [3.05, 3.63) is 29.8 Å². The summed E-state index contributed by atoms with van der Waals surface area (Å²) in [6.07, 6.45) is 0. The minimum absolute atomic E-state index is 0.494. The van der Waals surface area contributed by atoms with Crippen molar-refractivity contribution in [3.8, 4) is 0 Å². The highest BCUT2D eigenvalue weighted by molar-refractivity contribution is 5.91. The molecule has 0 aliphatic rings. The summed E-state index contributed by atoms with van der Waals surface area (Å²) in [5.41, 5.74) is 12.4. The number of hydrogen-bond acceptors (Lipinski definition) is 2. The van der Waals surface area contributed by atoms with E-state index in [4.69, 9.17) is 11.5 Å². The van der Waals surface area contributed by atoms with Gasteiger partial charge in [0.1, 0.15) is 0 Å². The van der Waals surface area contributed by atoms with E-state index in [-0.39, 0.29) is 0 Å². The molecule has 15 heavy (non-hydrogen) atoms. The van der Waals surface area contributed by atoms with Crippen LogP contribution in [-0.4, -0.2) is 13.1 Å². The van der Waals surface area contributed by atoms with Gasteiger partial charge in [-0.3, -0.25) is 4.90 Å². The molecule has 4 nitrogen and oxygen atoms in total. The molecule has 0 saturated heterocycles. The second-order valence-corrected chi connectivity index (χ2v) is 4.14. The lowest BCUT2D eigenvalue weighted by molar-refractivity contribution is 0.255. The summed E-state index contributed by atoms with van der Waals surface area (Å²) in [4.78, 5) is 12.5. The Morgan fingerprint density at radius 3 is 2.33 bits per heavy atom. The molecule has 4 heteroatoms. The minimum atomic E-state index is -0.500. The maximum Gasteiger partial charge on any atom is 0.319 e. The van der Waals surface area contributed by atoms with E-state index in [1.807, 2.05) is 38.1 Å². The Balaban J connectivity index is 3.24. The van der Waals surface area contributed by atoms with Gasteiger partial charge in [-0.25, -0.2) is 4.79 Å². The first-order chi connectivity index (χ1) is 6.84. The molecule has 4 N–H and O–H groups in total. The van der Waals surface area contributed by atoms with Crippen LogP contribution < -0.4 is 16.4 Å². The zero-order valence-electron chi connectivity index (χ0n) is 9.32. The first kappa shape index (κ1) is 11.5. The second-order valence-electron chi connectivity index (χ2n) is 4.14. The Morgan fingerprint density at radius 2 is 1.87 bits per heavy atom. The molecule has 0 bridgehead atoms. The molecule has 82 valence electrons. The van der Waals surface area contributed by atoms with Gasteiger partial charge < -0.3 is 11.5 Å². The van der Waals surface area contributed by atoms with Gasteiger partial charge in [0, 0.05) is 12.6 Å². The lowest BCUT2D eigenvalue weighted by atomic mass is 9.93. The molecular formula is C11H17N3O. The monoisotopic (exact) mass is 207 g/mol. The summed E-state index contributed by atoms with van der Waals surface area (Å²) in [6.45, 7) is 3.78. The third-order valence-corrected chi connectivity index (χ3v) is 2.29.